The van der Waals surface area contributed by atoms with Gasteiger partial charge in [0.2, 0.25) is 0 Å². The van der Waals surface area contributed by atoms with Gasteiger partial charge in [-0.05, 0) is 60.7 Å². The van der Waals surface area contributed by atoms with Crippen molar-refractivity contribution in [2.45, 2.75) is 21.6 Å². The Labute approximate surface area is 208 Å². The van der Waals surface area contributed by atoms with Gasteiger partial charge in [-0.2, -0.15) is 13.2 Å². The molecule has 0 spiro atoms. The summed E-state index contributed by atoms with van der Waals surface area (Å²) in [6.45, 7) is 0. The van der Waals surface area contributed by atoms with Crippen molar-refractivity contribution in [3.05, 3.63) is 90.0 Å². The Bertz CT molecular complexity index is 1330. The van der Waals surface area contributed by atoms with Crippen molar-refractivity contribution in [2.24, 2.45) is 0 Å². The van der Waals surface area contributed by atoms with E-state index in [-0.39, 0.29) is 16.1 Å². The third-order valence-corrected chi connectivity index (χ3v) is 8.07. The summed E-state index contributed by atoms with van der Waals surface area (Å²) in [6, 6.07) is 16.9. The zero-order chi connectivity index (χ0) is 26.6. The number of hydrogen-bond donors (Lipinski definition) is 3. The van der Waals surface area contributed by atoms with E-state index < -0.39 is 50.6 Å². The van der Waals surface area contributed by atoms with Crippen molar-refractivity contribution in [3.8, 4) is 0 Å². The molecule has 0 aromatic heterocycles. The fourth-order valence-electron chi connectivity index (χ4n) is 3.04. The summed E-state index contributed by atoms with van der Waals surface area (Å²) in [4.78, 5) is 24.4. The standard InChI is InChI=1S/C24H20F3NO6S2/c25-24(26,27)17-8-6-16(7-9-17)21(29)28-18-10-12-20(13-11-18)36(33,34)15-23(32,22(30)31)14-35-19-4-2-1-3-5-19/h1-13,32H,14-15H2,(H,28,29)(H,30,31). The molecule has 0 aliphatic carbocycles. The van der Waals surface area contributed by atoms with Crippen LogP contribution in [-0.2, 0) is 20.8 Å². The second-order valence-corrected chi connectivity index (χ2v) is 10.8. The Kier molecular flexibility index (Phi) is 8.12. The molecule has 0 saturated heterocycles. The van der Waals surface area contributed by atoms with Gasteiger partial charge in [-0.25, -0.2) is 13.2 Å². The number of sulfone groups is 1. The molecular formula is C24H20F3NO6S2. The SMILES string of the molecule is O=C(Nc1ccc(S(=O)(=O)CC(O)(CSc2ccccc2)C(=O)O)cc1)c1ccc(C(F)(F)F)cc1. The molecule has 12 heteroatoms. The fraction of sp³-hybridized carbons (Fsp3) is 0.167. The van der Waals surface area contributed by atoms with Crippen molar-refractivity contribution >= 4 is 39.2 Å². The van der Waals surface area contributed by atoms with E-state index in [2.05, 4.69) is 5.32 Å². The first kappa shape index (κ1) is 27.2. The van der Waals surface area contributed by atoms with Crippen LogP contribution in [0.3, 0.4) is 0 Å². The number of thioether (sulfide) groups is 1. The average molecular weight is 540 g/mol. The van der Waals surface area contributed by atoms with Crippen LogP contribution in [0.1, 0.15) is 15.9 Å². The van der Waals surface area contributed by atoms with E-state index in [9.17, 15) is 41.4 Å². The lowest BCUT2D eigenvalue weighted by Crippen LogP contribution is -2.47. The summed E-state index contributed by atoms with van der Waals surface area (Å²) in [6.07, 6.45) is -4.54. The topological polar surface area (TPSA) is 121 Å². The average Bonchev–Trinajstić information content (AvgIpc) is 2.83. The molecule has 0 aliphatic heterocycles. The third kappa shape index (κ3) is 6.86. The number of hydrogen-bond acceptors (Lipinski definition) is 6. The fourth-order valence-corrected chi connectivity index (χ4v) is 5.72. The smallest absolute Gasteiger partial charge is 0.416 e. The molecular weight excluding hydrogens is 519 g/mol. The lowest BCUT2D eigenvalue weighted by atomic mass is 10.1. The van der Waals surface area contributed by atoms with E-state index >= 15 is 0 Å². The zero-order valence-corrected chi connectivity index (χ0v) is 20.0. The molecule has 36 heavy (non-hydrogen) atoms. The highest BCUT2D eigenvalue weighted by molar-refractivity contribution is 7.99. The first-order valence-corrected chi connectivity index (χ1v) is 12.9. The lowest BCUT2D eigenvalue weighted by Gasteiger charge is -2.23. The van der Waals surface area contributed by atoms with Crippen molar-refractivity contribution in [3.63, 3.8) is 0 Å². The monoisotopic (exact) mass is 539 g/mol. The number of benzene rings is 3. The van der Waals surface area contributed by atoms with Gasteiger partial charge >= 0.3 is 12.1 Å². The molecule has 0 heterocycles. The molecule has 190 valence electrons. The van der Waals surface area contributed by atoms with E-state index in [0.29, 0.717) is 4.90 Å². The maximum Gasteiger partial charge on any atom is 0.416 e. The van der Waals surface area contributed by atoms with Crippen molar-refractivity contribution in [2.75, 3.05) is 16.8 Å². The minimum Gasteiger partial charge on any atom is -0.479 e. The summed E-state index contributed by atoms with van der Waals surface area (Å²) < 4.78 is 63.7. The maximum absolute atomic E-state index is 12.8. The number of carboxylic acid groups (broad SMARTS) is 1. The van der Waals surface area contributed by atoms with Crippen molar-refractivity contribution in [1.29, 1.82) is 0 Å². The highest BCUT2D eigenvalue weighted by Crippen LogP contribution is 2.29. The zero-order valence-electron chi connectivity index (χ0n) is 18.4. The van der Waals surface area contributed by atoms with E-state index in [1.807, 2.05) is 0 Å². The molecule has 7 nitrogen and oxygen atoms in total. The molecule has 1 amide bonds. The quantitative estimate of drug-likeness (QED) is 0.346. The van der Waals surface area contributed by atoms with Gasteiger partial charge in [-0.1, -0.05) is 18.2 Å². The second-order valence-electron chi connectivity index (χ2n) is 7.75. The molecule has 1 unspecified atom stereocenters. The number of carbonyl (C=O) groups is 2. The van der Waals surface area contributed by atoms with E-state index in [0.717, 1.165) is 48.2 Å². The van der Waals surface area contributed by atoms with Crippen molar-refractivity contribution in [1.82, 2.24) is 0 Å². The number of alkyl halides is 3. The number of anilines is 1. The van der Waals surface area contributed by atoms with Gasteiger partial charge < -0.3 is 15.5 Å². The molecule has 0 saturated carbocycles. The van der Waals surface area contributed by atoms with Gasteiger partial charge in [0.1, 0.15) is 0 Å². The molecule has 0 aliphatic rings. The van der Waals surface area contributed by atoms with E-state index in [1.165, 1.54) is 12.1 Å². The Balaban J connectivity index is 1.69. The van der Waals surface area contributed by atoms with Gasteiger partial charge in [-0.15, -0.1) is 11.8 Å². The predicted molar refractivity (Wildman–Crippen MR) is 128 cm³/mol. The van der Waals surface area contributed by atoms with Crippen molar-refractivity contribution < 1.29 is 41.4 Å². The minimum atomic E-state index is -4.54. The predicted octanol–water partition coefficient (Wildman–Crippen LogP) is 4.34. The Morgan fingerprint density at radius 1 is 0.889 bits per heavy atom. The normalized spacial score (nSPS) is 13.6. The number of aliphatic hydroxyl groups is 1. The highest BCUT2D eigenvalue weighted by atomic mass is 32.2. The molecule has 0 radical (unpaired) electrons. The molecule has 3 N–H and O–H groups in total. The van der Waals surface area contributed by atoms with Gasteiger partial charge in [0.15, 0.2) is 15.4 Å². The second kappa shape index (κ2) is 10.7. The van der Waals surface area contributed by atoms with Gasteiger partial charge in [0, 0.05) is 21.9 Å². The van der Waals surface area contributed by atoms with Crippen LogP contribution >= 0.6 is 11.8 Å². The molecule has 0 fully saturated rings. The summed E-state index contributed by atoms with van der Waals surface area (Å²) in [5, 5.41) is 22.5. The molecule has 3 rings (SSSR count). The van der Waals surface area contributed by atoms with Crippen LogP contribution in [0, 0.1) is 0 Å². The van der Waals surface area contributed by atoms with Crippen LogP contribution in [-0.4, -0.2) is 47.6 Å². The molecule has 0 bridgehead atoms. The highest BCUT2D eigenvalue weighted by Gasteiger charge is 2.41. The molecule has 3 aromatic rings. The maximum atomic E-state index is 12.8. The molecule has 1 atom stereocenters. The van der Waals surface area contributed by atoms with Crippen LogP contribution < -0.4 is 5.32 Å². The number of halogens is 3. The Morgan fingerprint density at radius 3 is 2.00 bits per heavy atom. The number of rotatable bonds is 9. The first-order chi connectivity index (χ1) is 16.8. The minimum absolute atomic E-state index is 0.0397. The van der Waals surface area contributed by atoms with Crippen LogP contribution in [0.15, 0.2) is 88.7 Å². The molecule has 3 aromatic carbocycles. The number of amides is 1. The van der Waals surface area contributed by atoms with Crippen LogP contribution in [0.5, 0.6) is 0 Å². The number of aliphatic carboxylic acids is 1. The number of carboxylic acids is 1. The number of nitrogens with one attached hydrogen (secondary N) is 1. The van der Waals surface area contributed by atoms with Crippen LogP contribution in [0.2, 0.25) is 0 Å². The van der Waals surface area contributed by atoms with Gasteiger partial charge in [-0.3, -0.25) is 4.79 Å². The first-order valence-electron chi connectivity index (χ1n) is 10.3. The number of carbonyl (C=O) groups excluding carboxylic acids is 1. The third-order valence-electron chi connectivity index (χ3n) is 4.99. The van der Waals surface area contributed by atoms with E-state index in [4.69, 9.17) is 0 Å². The van der Waals surface area contributed by atoms with Crippen LogP contribution in [0.4, 0.5) is 18.9 Å². The summed E-state index contributed by atoms with van der Waals surface area (Å²) in [5.74, 6) is -3.88. The summed E-state index contributed by atoms with van der Waals surface area (Å²) >= 11 is 0.996. The Morgan fingerprint density at radius 2 is 1.47 bits per heavy atom. The summed E-state index contributed by atoms with van der Waals surface area (Å²) in [7, 11) is -4.25. The lowest BCUT2D eigenvalue weighted by molar-refractivity contribution is -0.153. The van der Waals surface area contributed by atoms with Gasteiger partial charge in [0.25, 0.3) is 5.91 Å². The summed E-state index contributed by atoms with van der Waals surface area (Å²) in [5.41, 5.74) is -3.35. The van der Waals surface area contributed by atoms with Gasteiger partial charge in [0.05, 0.1) is 16.2 Å². The Hall–Kier alpha value is -3.35. The van der Waals surface area contributed by atoms with E-state index in [1.54, 1.807) is 30.3 Å². The van der Waals surface area contributed by atoms with Crippen LogP contribution in [0.25, 0.3) is 0 Å². The largest absolute Gasteiger partial charge is 0.479 e.